The molecule has 7 nitrogen and oxygen atoms in total. The summed E-state index contributed by atoms with van der Waals surface area (Å²) >= 11 is 2.66. The van der Waals surface area contributed by atoms with Gasteiger partial charge in [0.15, 0.2) is 4.34 Å². The van der Waals surface area contributed by atoms with Crippen LogP contribution in [0.1, 0.15) is 25.8 Å². The summed E-state index contributed by atoms with van der Waals surface area (Å²) in [6.07, 6.45) is 0.762. The van der Waals surface area contributed by atoms with Gasteiger partial charge in [0.05, 0.1) is 12.9 Å². The maximum atomic E-state index is 12.2. The van der Waals surface area contributed by atoms with Crippen LogP contribution in [0.5, 0.6) is 0 Å². The number of hydrogen-bond acceptors (Lipinski definition) is 8. The second kappa shape index (κ2) is 10.3. The zero-order valence-electron chi connectivity index (χ0n) is 15.8. The Hall–Kier alpha value is -2.13. The van der Waals surface area contributed by atoms with Gasteiger partial charge in [0, 0.05) is 5.69 Å². The summed E-state index contributed by atoms with van der Waals surface area (Å²) in [7, 11) is 1.32. The molecule has 0 aliphatic rings. The summed E-state index contributed by atoms with van der Waals surface area (Å²) in [6, 6.07) is 7.33. The van der Waals surface area contributed by atoms with Crippen molar-refractivity contribution < 1.29 is 14.3 Å². The minimum absolute atomic E-state index is 0.00163. The topological polar surface area (TPSA) is 93.2 Å². The molecule has 2 atom stereocenters. The van der Waals surface area contributed by atoms with Gasteiger partial charge in [-0.2, -0.15) is 0 Å². The first-order valence-electron chi connectivity index (χ1n) is 8.60. The van der Waals surface area contributed by atoms with E-state index in [1.54, 1.807) is 0 Å². The average Bonchev–Trinajstić information content (AvgIpc) is 3.12. The van der Waals surface area contributed by atoms with Gasteiger partial charge in [-0.25, -0.2) is 4.79 Å². The Morgan fingerprint density at radius 1 is 1.26 bits per heavy atom. The third kappa shape index (κ3) is 6.51. The maximum absolute atomic E-state index is 12.2. The third-order valence-corrected chi connectivity index (χ3v) is 5.99. The lowest BCUT2D eigenvalue weighted by Crippen LogP contribution is -2.46. The van der Waals surface area contributed by atoms with Gasteiger partial charge in [-0.15, -0.1) is 10.2 Å². The van der Waals surface area contributed by atoms with E-state index in [1.165, 1.54) is 35.8 Å². The van der Waals surface area contributed by atoms with Crippen LogP contribution in [-0.2, 0) is 14.3 Å². The summed E-state index contributed by atoms with van der Waals surface area (Å²) in [6.45, 7) is 5.90. The van der Waals surface area contributed by atoms with Crippen molar-refractivity contribution in [1.29, 1.82) is 0 Å². The molecule has 0 fully saturated rings. The first kappa shape index (κ1) is 21.2. The normalized spacial score (nSPS) is 12.9. The number of nitrogens with one attached hydrogen (secondary N) is 2. The Morgan fingerprint density at radius 3 is 2.59 bits per heavy atom. The van der Waals surface area contributed by atoms with Crippen molar-refractivity contribution >= 4 is 45.8 Å². The molecule has 1 aromatic carbocycles. The minimum atomic E-state index is -0.638. The minimum Gasteiger partial charge on any atom is -0.467 e. The molecule has 1 aromatic heterocycles. The molecular formula is C18H24N4O3S2. The van der Waals surface area contributed by atoms with Gasteiger partial charge in [0.1, 0.15) is 6.04 Å². The fourth-order valence-electron chi connectivity index (χ4n) is 2.22. The van der Waals surface area contributed by atoms with Crippen LogP contribution in [0.2, 0.25) is 0 Å². The molecule has 9 heteroatoms. The Balaban J connectivity index is 1.87. The van der Waals surface area contributed by atoms with Gasteiger partial charge >= 0.3 is 5.97 Å². The smallest absolute Gasteiger partial charge is 0.328 e. The molecule has 0 saturated heterocycles. The summed E-state index contributed by atoms with van der Waals surface area (Å²) < 4.78 is 5.46. The molecule has 2 N–H and O–H groups in total. The Morgan fingerprint density at radius 2 is 1.96 bits per heavy atom. The number of carbonyl (C=O) groups excluding carboxylic acids is 2. The predicted octanol–water partition coefficient (Wildman–Crippen LogP) is 3.39. The lowest BCUT2D eigenvalue weighted by molar-refractivity contribution is -0.146. The van der Waals surface area contributed by atoms with Gasteiger partial charge in [-0.05, 0) is 25.0 Å². The average molecular weight is 409 g/mol. The number of carbonyl (C=O) groups is 2. The number of methoxy groups -OCH3 is 1. The number of aryl methyl sites for hydroxylation is 1. The number of esters is 1. The van der Waals surface area contributed by atoms with Gasteiger partial charge in [0.25, 0.3) is 0 Å². The van der Waals surface area contributed by atoms with E-state index in [2.05, 4.69) is 20.8 Å². The molecule has 0 spiro atoms. The molecular weight excluding hydrogens is 384 g/mol. The summed E-state index contributed by atoms with van der Waals surface area (Å²) in [5.41, 5.74) is 2.11. The van der Waals surface area contributed by atoms with Crippen LogP contribution in [0.4, 0.5) is 10.8 Å². The van der Waals surface area contributed by atoms with E-state index in [4.69, 9.17) is 4.74 Å². The number of nitrogens with zero attached hydrogens (tertiary/aromatic N) is 2. The Bertz CT molecular complexity index is 764. The molecule has 1 amide bonds. The van der Waals surface area contributed by atoms with Crippen molar-refractivity contribution in [2.24, 2.45) is 5.92 Å². The van der Waals surface area contributed by atoms with Gasteiger partial charge in [-0.3, -0.25) is 4.79 Å². The second-order valence-electron chi connectivity index (χ2n) is 6.11. The molecule has 146 valence electrons. The molecule has 2 rings (SSSR count). The van der Waals surface area contributed by atoms with Crippen molar-refractivity contribution in [3.8, 4) is 0 Å². The Kier molecular flexibility index (Phi) is 8.05. The molecule has 0 aliphatic carbocycles. The van der Waals surface area contributed by atoms with E-state index < -0.39 is 12.0 Å². The number of anilines is 2. The van der Waals surface area contributed by atoms with E-state index in [1.807, 2.05) is 45.0 Å². The zero-order chi connectivity index (χ0) is 19.8. The van der Waals surface area contributed by atoms with Crippen LogP contribution in [0.3, 0.4) is 0 Å². The third-order valence-electron chi connectivity index (χ3n) is 4.02. The molecule has 0 aliphatic heterocycles. The Labute approximate surface area is 167 Å². The first-order valence-corrected chi connectivity index (χ1v) is 10.4. The first-order chi connectivity index (χ1) is 12.9. The molecule has 0 bridgehead atoms. The van der Waals surface area contributed by atoms with E-state index in [0.717, 1.165) is 12.1 Å². The predicted molar refractivity (Wildman–Crippen MR) is 108 cm³/mol. The molecule has 0 saturated carbocycles. The number of rotatable bonds is 9. The van der Waals surface area contributed by atoms with Crippen LogP contribution >= 0.6 is 23.1 Å². The van der Waals surface area contributed by atoms with Gasteiger partial charge in [-0.1, -0.05) is 61.1 Å². The molecule has 27 heavy (non-hydrogen) atoms. The fourth-order valence-corrected chi connectivity index (χ4v) is 3.80. The van der Waals surface area contributed by atoms with Crippen LogP contribution in [0.25, 0.3) is 0 Å². The quantitative estimate of drug-likeness (QED) is 0.485. The maximum Gasteiger partial charge on any atom is 0.328 e. The van der Waals surface area contributed by atoms with Crippen LogP contribution in [-0.4, -0.2) is 41.0 Å². The fraction of sp³-hybridized carbons (Fsp3) is 0.444. The highest BCUT2D eigenvalue weighted by Crippen LogP contribution is 2.27. The highest BCUT2D eigenvalue weighted by atomic mass is 32.2. The highest BCUT2D eigenvalue weighted by Gasteiger charge is 2.26. The largest absolute Gasteiger partial charge is 0.467 e. The zero-order valence-corrected chi connectivity index (χ0v) is 17.4. The van der Waals surface area contributed by atoms with E-state index in [0.29, 0.717) is 9.47 Å². The summed E-state index contributed by atoms with van der Waals surface area (Å²) in [4.78, 5) is 24.0. The van der Waals surface area contributed by atoms with E-state index in [-0.39, 0.29) is 17.6 Å². The van der Waals surface area contributed by atoms with Crippen molar-refractivity contribution in [2.75, 3.05) is 18.2 Å². The number of thioether (sulfide) groups is 1. The molecule has 2 aromatic rings. The number of benzene rings is 1. The standard InChI is InChI=1S/C18H24N4O3S2/c1-5-12(3)15(16(24)25-4)20-14(23)10-26-18-22-21-17(27-18)19-13-8-6-11(2)7-9-13/h6-9,12,15H,5,10H2,1-4H3,(H,19,21)(H,20,23)/t12-,15-/m0/s1. The monoisotopic (exact) mass is 408 g/mol. The highest BCUT2D eigenvalue weighted by molar-refractivity contribution is 8.01. The number of hydrogen-bond donors (Lipinski definition) is 2. The van der Waals surface area contributed by atoms with Gasteiger partial charge < -0.3 is 15.4 Å². The van der Waals surface area contributed by atoms with E-state index in [9.17, 15) is 9.59 Å². The molecule has 0 radical (unpaired) electrons. The van der Waals surface area contributed by atoms with E-state index >= 15 is 0 Å². The van der Waals surface area contributed by atoms with Crippen molar-refractivity contribution in [2.45, 2.75) is 37.6 Å². The van der Waals surface area contributed by atoms with Crippen molar-refractivity contribution in [3.05, 3.63) is 29.8 Å². The van der Waals surface area contributed by atoms with Crippen LogP contribution in [0, 0.1) is 12.8 Å². The van der Waals surface area contributed by atoms with Crippen LogP contribution in [0.15, 0.2) is 28.6 Å². The molecule has 0 unspecified atom stereocenters. The van der Waals surface area contributed by atoms with Crippen molar-refractivity contribution in [3.63, 3.8) is 0 Å². The molecule has 1 heterocycles. The van der Waals surface area contributed by atoms with Crippen molar-refractivity contribution in [1.82, 2.24) is 15.5 Å². The van der Waals surface area contributed by atoms with Crippen LogP contribution < -0.4 is 10.6 Å². The number of aromatic nitrogens is 2. The lowest BCUT2D eigenvalue weighted by Gasteiger charge is -2.21. The SMILES string of the molecule is CC[C@H](C)[C@H](NC(=O)CSc1nnc(Nc2ccc(C)cc2)s1)C(=O)OC. The van der Waals surface area contributed by atoms with Gasteiger partial charge in [0.2, 0.25) is 11.0 Å². The summed E-state index contributed by atoms with van der Waals surface area (Å²) in [5.74, 6) is -0.510. The number of amides is 1. The lowest BCUT2D eigenvalue weighted by atomic mass is 9.99. The summed E-state index contributed by atoms with van der Waals surface area (Å²) in [5, 5.41) is 14.8. The number of ether oxygens (including phenoxy) is 1. The second-order valence-corrected chi connectivity index (χ2v) is 8.31.